The summed E-state index contributed by atoms with van der Waals surface area (Å²) in [4.78, 5) is 39.9. The minimum atomic E-state index is -0.300. The van der Waals surface area contributed by atoms with Crippen molar-refractivity contribution in [1.82, 2.24) is 10.2 Å². The number of anilines is 1. The van der Waals surface area contributed by atoms with Crippen molar-refractivity contribution < 1.29 is 14.4 Å². The third kappa shape index (κ3) is 5.17. The van der Waals surface area contributed by atoms with Gasteiger partial charge >= 0.3 is 0 Å². The first-order valence-corrected chi connectivity index (χ1v) is 11.0. The van der Waals surface area contributed by atoms with Crippen LogP contribution in [-0.4, -0.2) is 42.3 Å². The standard InChI is InChI=1S/C23H33N3O3/c1-3-12-24-21(27)18-8-4-5-9-19(18)22(28)25-20-11-10-17(15-16(20)2)23(29)26-13-6-7-14-26/h10-11,15,18-19H,3-9,12-14H2,1-2H3,(H,24,27)(H,25,28)/t18-,19+/m1/s1. The Bertz CT molecular complexity index is 756. The van der Waals surface area contributed by atoms with E-state index in [0.29, 0.717) is 17.8 Å². The molecule has 3 amide bonds. The van der Waals surface area contributed by atoms with Crippen LogP contribution < -0.4 is 10.6 Å². The van der Waals surface area contributed by atoms with E-state index < -0.39 is 0 Å². The number of carbonyl (C=O) groups is 3. The molecule has 0 radical (unpaired) electrons. The topological polar surface area (TPSA) is 78.5 Å². The van der Waals surface area contributed by atoms with Gasteiger partial charge in [0.2, 0.25) is 11.8 Å². The highest BCUT2D eigenvalue weighted by Crippen LogP contribution is 2.32. The largest absolute Gasteiger partial charge is 0.356 e. The quantitative estimate of drug-likeness (QED) is 0.768. The molecule has 2 atom stereocenters. The lowest BCUT2D eigenvalue weighted by molar-refractivity contribution is -0.134. The third-order valence-electron chi connectivity index (χ3n) is 6.11. The van der Waals surface area contributed by atoms with Crippen molar-refractivity contribution in [2.24, 2.45) is 11.8 Å². The number of nitrogens with one attached hydrogen (secondary N) is 2. The van der Waals surface area contributed by atoms with Crippen LogP contribution >= 0.6 is 0 Å². The second-order valence-electron chi connectivity index (χ2n) is 8.31. The van der Waals surface area contributed by atoms with Crippen molar-refractivity contribution in [2.45, 2.75) is 58.8 Å². The number of hydrogen-bond acceptors (Lipinski definition) is 3. The normalized spacial score (nSPS) is 21.7. The van der Waals surface area contributed by atoms with Crippen LogP contribution in [0.2, 0.25) is 0 Å². The fourth-order valence-corrected chi connectivity index (χ4v) is 4.40. The van der Waals surface area contributed by atoms with Gasteiger partial charge < -0.3 is 15.5 Å². The SMILES string of the molecule is CCCNC(=O)[C@@H]1CCCC[C@@H]1C(=O)Nc1ccc(C(=O)N2CCCC2)cc1C. The van der Waals surface area contributed by atoms with Crippen LogP contribution in [0.15, 0.2) is 18.2 Å². The van der Waals surface area contributed by atoms with Gasteiger partial charge in [-0.1, -0.05) is 19.8 Å². The smallest absolute Gasteiger partial charge is 0.253 e. The predicted octanol–water partition coefficient (Wildman–Crippen LogP) is 3.50. The van der Waals surface area contributed by atoms with E-state index in [0.717, 1.165) is 63.6 Å². The van der Waals surface area contributed by atoms with E-state index in [9.17, 15) is 14.4 Å². The van der Waals surface area contributed by atoms with Gasteiger partial charge in [-0.15, -0.1) is 0 Å². The summed E-state index contributed by atoms with van der Waals surface area (Å²) in [6, 6.07) is 5.45. The van der Waals surface area contributed by atoms with Crippen molar-refractivity contribution in [3.05, 3.63) is 29.3 Å². The molecule has 2 aliphatic rings. The Morgan fingerprint density at radius 3 is 2.28 bits per heavy atom. The fourth-order valence-electron chi connectivity index (χ4n) is 4.40. The van der Waals surface area contributed by atoms with Gasteiger partial charge in [-0.25, -0.2) is 0 Å². The molecule has 1 saturated carbocycles. The number of amides is 3. The van der Waals surface area contributed by atoms with Gasteiger partial charge in [0.25, 0.3) is 5.91 Å². The maximum Gasteiger partial charge on any atom is 0.253 e. The molecule has 1 saturated heterocycles. The molecule has 1 aromatic carbocycles. The molecule has 6 heteroatoms. The van der Waals surface area contributed by atoms with E-state index in [1.165, 1.54) is 0 Å². The van der Waals surface area contributed by atoms with E-state index in [-0.39, 0.29) is 29.6 Å². The number of carbonyl (C=O) groups excluding carboxylic acids is 3. The van der Waals surface area contributed by atoms with Crippen molar-refractivity contribution in [3.8, 4) is 0 Å². The van der Waals surface area contributed by atoms with Crippen LogP contribution in [0.5, 0.6) is 0 Å². The van der Waals surface area contributed by atoms with Crippen LogP contribution in [0.25, 0.3) is 0 Å². The van der Waals surface area contributed by atoms with E-state index >= 15 is 0 Å². The molecule has 158 valence electrons. The van der Waals surface area contributed by atoms with Crippen molar-refractivity contribution >= 4 is 23.4 Å². The molecule has 0 unspecified atom stereocenters. The molecule has 1 aliphatic heterocycles. The van der Waals surface area contributed by atoms with Crippen LogP contribution in [0.4, 0.5) is 5.69 Å². The van der Waals surface area contributed by atoms with Crippen LogP contribution in [0, 0.1) is 18.8 Å². The average molecular weight is 400 g/mol. The molecule has 3 rings (SSSR count). The van der Waals surface area contributed by atoms with Crippen LogP contribution in [0.3, 0.4) is 0 Å². The summed E-state index contributed by atoms with van der Waals surface area (Å²) >= 11 is 0. The molecule has 29 heavy (non-hydrogen) atoms. The van der Waals surface area contributed by atoms with Gasteiger partial charge in [0.1, 0.15) is 0 Å². The Morgan fingerprint density at radius 1 is 1.00 bits per heavy atom. The molecular weight excluding hydrogens is 366 g/mol. The lowest BCUT2D eigenvalue weighted by Gasteiger charge is -2.29. The lowest BCUT2D eigenvalue weighted by atomic mass is 9.78. The third-order valence-corrected chi connectivity index (χ3v) is 6.11. The molecule has 0 bridgehead atoms. The minimum absolute atomic E-state index is 0.00465. The highest BCUT2D eigenvalue weighted by Gasteiger charge is 2.35. The number of aryl methyl sites for hydroxylation is 1. The van der Waals surface area contributed by atoms with Gasteiger partial charge in [-0.2, -0.15) is 0 Å². The van der Waals surface area contributed by atoms with Crippen molar-refractivity contribution in [3.63, 3.8) is 0 Å². The predicted molar refractivity (Wildman–Crippen MR) is 114 cm³/mol. The van der Waals surface area contributed by atoms with Gasteiger partial charge in [0, 0.05) is 42.7 Å². The Labute approximate surface area is 173 Å². The Morgan fingerprint density at radius 2 is 1.66 bits per heavy atom. The highest BCUT2D eigenvalue weighted by atomic mass is 16.2. The zero-order valence-electron chi connectivity index (χ0n) is 17.6. The number of benzene rings is 1. The molecule has 0 spiro atoms. The first kappa shape index (κ1) is 21.3. The molecule has 1 aliphatic carbocycles. The molecule has 6 nitrogen and oxygen atoms in total. The fraction of sp³-hybridized carbons (Fsp3) is 0.609. The number of hydrogen-bond donors (Lipinski definition) is 2. The molecule has 1 aromatic rings. The van der Waals surface area contributed by atoms with Crippen molar-refractivity contribution in [2.75, 3.05) is 25.0 Å². The van der Waals surface area contributed by atoms with Crippen molar-refractivity contribution in [1.29, 1.82) is 0 Å². The minimum Gasteiger partial charge on any atom is -0.356 e. The summed E-state index contributed by atoms with van der Waals surface area (Å²) in [5.41, 5.74) is 2.24. The summed E-state index contributed by atoms with van der Waals surface area (Å²) < 4.78 is 0. The summed E-state index contributed by atoms with van der Waals surface area (Å²) in [5, 5.41) is 5.96. The molecular formula is C23H33N3O3. The average Bonchev–Trinajstić information content (AvgIpc) is 3.27. The van der Waals surface area contributed by atoms with Gasteiger partial charge in [0.15, 0.2) is 0 Å². The molecule has 1 heterocycles. The van der Waals surface area contributed by atoms with E-state index in [1.54, 1.807) is 6.07 Å². The zero-order valence-corrected chi connectivity index (χ0v) is 17.6. The summed E-state index contributed by atoms with van der Waals surface area (Å²) in [6.07, 6.45) is 6.46. The maximum atomic E-state index is 13.0. The van der Waals surface area contributed by atoms with Gasteiger partial charge in [0.05, 0.1) is 0 Å². The second kappa shape index (κ2) is 9.90. The van der Waals surface area contributed by atoms with Gasteiger partial charge in [-0.05, 0) is 62.8 Å². The van der Waals surface area contributed by atoms with E-state index in [4.69, 9.17) is 0 Å². The van der Waals surface area contributed by atoms with E-state index in [2.05, 4.69) is 10.6 Å². The number of rotatable bonds is 6. The van der Waals surface area contributed by atoms with Crippen LogP contribution in [-0.2, 0) is 9.59 Å². The number of nitrogens with zero attached hydrogens (tertiary/aromatic N) is 1. The van der Waals surface area contributed by atoms with E-state index in [1.807, 2.05) is 30.9 Å². The first-order chi connectivity index (χ1) is 14.0. The first-order valence-electron chi connectivity index (χ1n) is 11.0. The molecule has 2 fully saturated rings. The summed E-state index contributed by atoms with van der Waals surface area (Å²) in [7, 11) is 0. The second-order valence-corrected chi connectivity index (χ2v) is 8.31. The lowest BCUT2D eigenvalue weighted by Crippen LogP contribution is -2.41. The van der Waals surface area contributed by atoms with Gasteiger partial charge in [-0.3, -0.25) is 14.4 Å². The Balaban J connectivity index is 1.67. The maximum absolute atomic E-state index is 13.0. The molecule has 2 N–H and O–H groups in total. The Kier molecular flexibility index (Phi) is 7.29. The molecule has 0 aromatic heterocycles. The number of likely N-dealkylation sites (tertiary alicyclic amines) is 1. The zero-order chi connectivity index (χ0) is 20.8. The monoisotopic (exact) mass is 399 g/mol. The summed E-state index contributed by atoms with van der Waals surface area (Å²) in [5.74, 6) is -0.598. The highest BCUT2D eigenvalue weighted by molar-refractivity contribution is 5.98. The van der Waals surface area contributed by atoms with Crippen LogP contribution in [0.1, 0.15) is 67.8 Å². The Hall–Kier alpha value is -2.37. The summed E-state index contributed by atoms with van der Waals surface area (Å²) in [6.45, 7) is 6.21.